The van der Waals surface area contributed by atoms with Crippen molar-refractivity contribution >= 4 is 29.8 Å². The molecule has 1 aliphatic heterocycles. The SMILES string of the molecule is CCc1ccc(C[C@H](NC(=O)OC(C)(C)C)C(=O)N2CCN(CC(=O)OC(C)(C)C)C(=O)[C@@H]2CC(=O)OC)cc1. The van der Waals surface area contributed by atoms with Gasteiger partial charge in [-0.25, -0.2) is 4.79 Å². The average Bonchev–Trinajstić information content (AvgIpc) is 2.83. The lowest BCUT2D eigenvalue weighted by atomic mass is 10.00. The van der Waals surface area contributed by atoms with E-state index < -0.39 is 59.6 Å². The third-order valence-corrected chi connectivity index (χ3v) is 6.05. The third-order valence-electron chi connectivity index (χ3n) is 6.05. The molecule has 1 saturated heterocycles. The Morgan fingerprint density at radius 3 is 2.02 bits per heavy atom. The van der Waals surface area contributed by atoms with Crippen molar-refractivity contribution in [3.8, 4) is 0 Å². The van der Waals surface area contributed by atoms with Gasteiger partial charge in [-0.05, 0) is 59.1 Å². The highest BCUT2D eigenvalue weighted by atomic mass is 16.6. The predicted octanol–water partition coefficient (Wildman–Crippen LogP) is 2.63. The second-order valence-electron chi connectivity index (χ2n) is 11.7. The second-order valence-corrected chi connectivity index (χ2v) is 11.7. The quantitative estimate of drug-likeness (QED) is 0.360. The van der Waals surface area contributed by atoms with Crippen LogP contribution in [0.15, 0.2) is 24.3 Å². The van der Waals surface area contributed by atoms with Gasteiger partial charge in [-0.3, -0.25) is 19.2 Å². The molecule has 0 bridgehead atoms. The Morgan fingerprint density at radius 1 is 0.925 bits per heavy atom. The zero-order valence-corrected chi connectivity index (χ0v) is 24.9. The molecule has 1 fully saturated rings. The molecule has 222 valence electrons. The lowest BCUT2D eigenvalue weighted by Gasteiger charge is -2.41. The van der Waals surface area contributed by atoms with E-state index in [0.717, 1.165) is 17.5 Å². The fourth-order valence-corrected chi connectivity index (χ4v) is 4.22. The normalized spacial score (nSPS) is 16.7. The van der Waals surface area contributed by atoms with Crippen molar-refractivity contribution in [3.05, 3.63) is 35.4 Å². The number of nitrogens with zero attached hydrogens (tertiary/aromatic N) is 2. The molecule has 2 rings (SSSR count). The van der Waals surface area contributed by atoms with Gasteiger partial charge >= 0.3 is 18.0 Å². The minimum Gasteiger partial charge on any atom is -0.469 e. The maximum Gasteiger partial charge on any atom is 0.408 e. The van der Waals surface area contributed by atoms with Gasteiger partial charge in [-0.1, -0.05) is 31.2 Å². The molecule has 3 amide bonds. The van der Waals surface area contributed by atoms with Crippen LogP contribution < -0.4 is 5.32 Å². The Kier molecular flexibility index (Phi) is 11.1. The second kappa shape index (κ2) is 13.6. The summed E-state index contributed by atoms with van der Waals surface area (Å²) < 4.78 is 15.5. The van der Waals surface area contributed by atoms with Crippen molar-refractivity contribution in [2.75, 3.05) is 26.7 Å². The largest absolute Gasteiger partial charge is 0.469 e. The lowest BCUT2D eigenvalue weighted by molar-refractivity contribution is -0.164. The zero-order chi connectivity index (χ0) is 30.3. The van der Waals surface area contributed by atoms with E-state index in [2.05, 4.69) is 5.32 Å². The molecule has 1 aromatic rings. The molecule has 2 atom stereocenters. The van der Waals surface area contributed by atoms with E-state index in [1.807, 2.05) is 31.2 Å². The van der Waals surface area contributed by atoms with Gasteiger partial charge < -0.3 is 29.3 Å². The predicted molar refractivity (Wildman–Crippen MR) is 147 cm³/mol. The standard InChI is InChI=1S/C29H43N3O8/c1-9-19-10-12-20(13-11-19)16-21(30-27(37)40-29(5,6)7)25(35)32-15-14-31(18-24(34)39-28(2,3)4)26(36)22(32)17-23(33)38-8/h10-13,21-22H,9,14-18H2,1-8H3,(H,30,37)/t21-,22-/m0/s1. The first-order valence-corrected chi connectivity index (χ1v) is 13.5. The molecule has 0 unspecified atom stereocenters. The Bertz CT molecular complexity index is 1070. The Labute approximate surface area is 236 Å². The number of alkyl carbamates (subject to hydrolysis) is 1. The first kappa shape index (κ1) is 32.6. The van der Waals surface area contributed by atoms with E-state index >= 15 is 0 Å². The fourth-order valence-electron chi connectivity index (χ4n) is 4.22. The molecule has 40 heavy (non-hydrogen) atoms. The summed E-state index contributed by atoms with van der Waals surface area (Å²) in [7, 11) is 1.19. The first-order chi connectivity index (χ1) is 18.5. The van der Waals surface area contributed by atoms with Gasteiger partial charge in [0.1, 0.15) is 29.8 Å². The van der Waals surface area contributed by atoms with Crippen LogP contribution in [0.5, 0.6) is 0 Å². The monoisotopic (exact) mass is 561 g/mol. The molecular formula is C29H43N3O8. The van der Waals surface area contributed by atoms with E-state index in [4.69, 9.17) is 14.2 Å². The smallest absolute Gasteiger partial charge is 0.408 e. The fraction of sp³-hybridized carbons (Fsp3) is 0.621. The van der Waals surface area contributed by atoms with Crippen LogP contribution in [0, 0.1) is 0 Å². The molecular weight excluding hydrogens is 518 g/mol. The first-order valence-electron chi connectivity index (χ1n) is 13.5. The number of piperazine rings is 1. The van der Waals surface area contributed by atoms with Gasteiger partial charge in [-0.15, -0.1) is 0 Å². The number of carbonyl (C=O) groups is 5. The molecule has 0 radical (unpaired) electrons. The maximum atomic E-state index is 13.9. The van der Waals surface area contributed by atoms with Crippen LogP contribution in [0.1, 0.15) is 66.0 Å². The number of methoxy groups -OCH3 is 1. The highest BCUT2D eigenvalue weighted by Crippen LogP contribution is 2.20. The van der Waals surface area contributed by atoms with Crippen molar-refractivity contribution in [3.63, 3.8) is 0 Å². The highest BCUT2D eigenvalue weighted by Gasteiger charge is 2.42. The number of hydrogen-bond acceptors (Lipinski definition) is 8. The molecule has 0 spiro atoms. The molecule has 1 aromatic carbocycles. The summed E-state index contributed by atoms with van der Waals surface area (Å²) in [5, 5.41) is 2.65. The van der Waals surface area contributed by atoms with Crippen molar-refractivity contribution in [1.82, 2.24) is 15.1 Å². The molecule has 11 heteroatoms. The van der Waals surface area contributed by atoms with Gasteiger partial charge in [0.2, 0.25) is 11.8 Å². The Morgan fingerprint density at radius 2 is 1.50 bits per heavy atom. The van der Waals surface area contributed by atoms with Crippen LogP contribution in [0.3, 0.4) is 0 Å². The number of amides is 3. The summed E-state index contributed by atoms with van der Waals surface area (Å²) in [5.74, 6) is -2.43. The summed E-state index contributed by atoms with van der Waals surface area (Å²) >= 11 is 0. The van der Waals surface area contributed by atoms with Gasteiger partial charge in [-0.2, -0.15) is 0 Å². The number of hydrogen-bond donors (Lipinski definition) is 1. The number of aryl methyl sites for hydroxylation is 1. The van der Waals surface area contributed by atoms with Gasteiger partial charge in [0.25, 0.3) is 0 Å². The number of esters is 2. The van der Waals surface area contributed by atoms with Crippen molar-refractivity contribution < 1.29 is 38.2 Å². The molecule has 11 nitrogen and oxygen atoms in total. The Hall–Kier alpha value is -3.63. The number of nitrogens with one attached hydrogen (secondary N) is 1. The number of carbonyl (C=O) groups excluding carboxylic acids is 5. The summed E-state index contributed by atoms with van der Waals surface area (Å²) in [6.07, 6.45) is -0.199. The number of benzene rings is 1. The Balaban J connectivity index is 2.34. The van der Waals surface area contributed by atoms with E-state index in [9.17, 15) is 24.0 Å². The van der Waals surface area contributed by atoms with E-state index in [1.54, 1.807) is 41.5 Å². The molecule has 1 N–H and O–H groups in total. The van der Waals surface area contributed by atoms with Crippen LogP contribution >= 0.6 is 0 Å². The van der Waals surface area contributed by atoms with Crippen LogP contribution in [0.2, 0.25) is 0 Å². The summed E-state index contributed by atoms with van der Waals surface area (Å²) in [4.78, 5) is 67.3. The van der Waals surface area contributed by atoms with Gasteiger partial charge in [0, 0.05) is 19.5 Å². The molecule has 1 aliphatic rings. The van der Waals surface area contributed by atoms with Crippen LogP contribution in [-0.2, 0) is 46.2 Å². The van der Waals surface area contributed by atoms with Crippen molar-refractivity contribution in [1.29, 1.82) is 0 Å². The molecule has 0 saturated carbocycles. The molecule has 0 aliphatic carbocycles. The van der Waals surface area contributed by atoms with E-state index in [1.165, 1.54) is 16.9 Å². The molecule has 0 aromatic heterocycles. The minimum absolute atomic E-state index is 0.0380. The van der Waals surface area contributed by atoms with Gasteiger partial charge in [0.05, 0.1) is 13.5 Å². The number of ether oxygens (including phenoxy) is 3. The minimum atomic E-state index is -1.22. The van der Waals surface area contributed by atoms with Crippen LogP contribution in [-0.4, -0.2) is 89.7 Å². The van der Waals surface area contributed by atoms with E-state index in [-0.39, 0.29) is 26.1 Å². The highest BCUT2D eigenvalue weighted by molar-refractivity contribution is 5.95. The van der Waals surface area contributed by atoms with Gasteiger partial charge in [0.15, 0.2) is 0 Å². The summed E-state index contributed by atoms with van der Waals surface area (Å²) in [5.41, 5.74) is 0.388. The summed E-state index contributed by atoms with van der Waals surface area (Å²) in [6, 6.07) is 5.36. The van der Waals surface area contributed by atoms with Crippen LogP contribution in [0.4, 0.5) is 4.79 Å². The molecule has 1 heterocycles. The maximum absolute atomic E-state index is 13.9. The summed E-state index contributed by atoms with van der Waals surface area (Å²) in [6.45, 7) is 12.1. The third kappa shape index (κ3) is 10.2. The average molecular weight is 562 g/mol. The van der Waals surface area contributed by atoms with Crippen molar-refractivity contribution in [2.45, 2.75) is 91.0 Å². The zero-order valence-electron chi connectivity index (χ0n) is 24.9. The van der Waals surface area contributed by atoms with E-state index in [0.29, 0.717) is 0 Å². The lowest BCUT2D eigenvalue weighted by Crippen LogP contribution is -2.63. The topological polar surface area (TPSA) is 132 Å². The van der Waals surface area contributed by atoms with Crippen molar-refractivity contribution in [2.24, 2.45) is 0 Å². The number of rotatable bonds is 9. The van der Waals surface area contributed by atoms with Crippen LogP contribution in [0.25, 0.3) is 0 Å².